The molecule has 18 heavy (non-hydrogen) atoms. The van der Waals surface area contributed by atoms with Gasteiger partial charge in [0.25, 0.3) is 0 Å². The summed E-state index contributed by atoms with van der Waals surface area (Å²) >= 11 is 0. The van der Waals surface area contributed by atoms with Crippen molar-refractivity contribution in [2.24, 2.45) is 7.05 Å². The van der Waals surface area contributed by atoms with Crippen LogP contribution < -0.4 is 0 Å². The Morgan fingerprint density at radius 2 is 2.06 bits per heavy atom. The summed E-state index contributed by atoms with van der Waals surface area (Å²) < 4.78 is 1.81. The van der Waals surface area contributed by atoms with Gasteiger partial charge in [-0.25, -0.2) is 4.98 Å². The molecule has 0 radical (unpaired) electrons. The SMILES string of the molecule is Cn1ccnc1[C@@H](CC(=O)O)c1ccc(O)cc1. The van der Waals surface area contributed by atoms with Crippen LogP contribution in [-0.4, -0.2) is 25.7 Å². The Labute approximate surface area is 104 Å². The zero-order valence-corrected chi connectivity index (χ0v) is 9.95. The summed E-state index contributed by atoms with van der Waals surface area (Å²) in [4.78, 5) is 15.2. The molecule has 2 N–H and O–H groups in total. The molecule has 1 heterocycles. The molecule has 5 heteroatoms. The van der Waals surface area contributed by atoms with Gasteiger partial charge in [0, 0.05) is 19.4 Å². The smallest absolute Gasteiger partial charge is 0.304 e. The third kappa shape index (κ3) is 2.51. The Morgan fingerprint density at radius 1 is 1.39 bits per heavy atom. The lowest BCUT2D eigenvalue weighted by molar-refractivity contribution is -0.137. The maximum atomic E-state index is 11.0. The Kier molecular flexibility index (Phi) is 3.32. The molecule has 0 aliphatic carbocycles. The summed E-state index contributed by atoms with van der Waals surface area (Å²) in [7, 11) is 1.83. The van der Waals surface area contributed by atoms with Gasteiger partial charge in [-0.05, 0) is 17.7 Å². The Hall–Kier alpha value is -2.30. The van der Waals surface area contributed by atoms with Crippen molar-refractivity contribution in [2.45, 2.75) is 12.3 Å². The fourth-order valence-electron chi connectivity index (χ4n) is 1.95. The van der Waals surface area contributed by atoms with Crippen molar-refractivity contribution in [3.05, 3.63) is 48.0 Å². The van der Waals surface area contributed by atoms with Crippen LogP contribution in [0, 0.1) is 0 Å². The van der Waals surface area contributed by atoms with E-state index in [0.717, 1.165) is 5.56 Å². The molecule has 2 rings (SSSR count). The number of carboxylic acid groups (broad SMARTS) is 1. The highest BCUT2D eigenvalue weighted by molar-refractivity contribution is 5.68. The Morgan fingerprint density at radius 3 is 2.56 bits per heavy atom. The van der Waals surface area contributed by atoms with E-state index in [4.69, 9.17) is 5.11 Å². The normalized spacial score (nSPS) is 12.3. The first-order valence-corrected chi connectivity index (χ1v) is 5.56. The number of benzene rings is 1. The third-order valence-electron chi connectivity index (χ3n) is 2.84. The largest absolute Gasteiger partial charge is 0.508 e. The van der Waals surface area contributed by atoms with Crippen molar-refractivity contribution in [2.75, 3.05) is 0 Å². The fraction of sp³-hybridized carbons (Fsp3) is 0.231. The van der Waals surface area contributed by atoms with Crippen LogP contribution >= 0.6 is 0 Å². The predicted molar refractivity (Wildman–Crippen MR) is 65.4 cm³/mol. The van der Waals surface area contributed by atoms with E-state index in [2.05, 4.69) is 4.98 Å². The highest BCUT2D eigenvalue weighted by Gasteiger charge is 2.21. The zero-order chi connectivity index (χ0) is 13.1. The van der Waals surface area contributed by atoms with E-state index in [-0.39, 0.29) is 18.1 Å². The lowest BCUT2D eigenvalue weighted by atomic mass is 9.95. The first-order chi connectivity index (χ1) is 8.58. The summed E-state index contributed by atoms with van der Waals surface area (Å²) in [6, 6.07) is 6.54. The lowest BCUT2D eigenvalue weighted by Crippen LogP contribution is -2.12. The minimum atomic E-state index is -0.879. The topological polar surface area (TPSA) is 75.4 Å². The van der Waals surface area contributed by atoms with Gasteiger partial charge in [-0.2, -0.15) is 0 Å². The van der Waals surface area contributed by atoms with Crippen LogP contribution in [-0.2, 0) is 11.8 Å². The number of aromatic nitrogens is 2. The molecule has 94 valence electrons. The summed E-state index contributed by atoms with van der Waals surface area (Å²) in [5, 5.41) is 18.3. The molecular weight excluding hydrogens is 232 g/mol. The summed E-state index contributed by atoms with van der Waals surface area (Å²) in [5.41, 5.74) is 0.824. The number of hydrogen-bond donors (Lipinski definition) is 2. The number of rotatable bonds is 4. The van der Waals surface area contributed by atoms with Crippen molar-refractivity contribution in [1.29, 1.82) is 0 Å². The van der Waals surface area contributed by atoms with Gasteiger partial charge in [0.2, 0.25) is 0 Å². The van der Waals surface area contributed by atoms with Crippen LogP contribution in [0.4, 0.5) is 0 Å². The number of phenols is 1. The van der Waals surface area contributed by atoms with Crippen molar-refractivity contribution in [1.82, 2.24) is 9.55 Å². The number of carbonyl (C=O) groups is 1. The van der Waals surface area contributed by atoms with Crippen LogP contribution in [0.25, 0.3) is 0 Å². The second-order valence-electron chi connectivity index (χ2n) is 4.14. The molecule has 0 aliphatic rings. The van der Waals surface area contributed by atoms with Crippen LogP contribution in [0.5, 0.6) is 5.75 Å². The number of aromatic hydroxyl groups is 1. The number of aryl methyl sites for hydroxylation is 1. The van der Waals surface area contributed by atoms with Gasteiger partial charge in [-0.15, -0.1) is 0 Å². The summed E-state index contributed by atoms with van der Waals surface area (Å²) in [6.07, 6.45) is 3.39. The second kappa shape index (κ2) is 4.91. The summed E-state index contributed by atoms with van der Waals surface area (Å²) in [6.45, 7) is 0. The van der Waals surface area contributed by atoms with Gasteiger partial charge in [0.05, 0.1) is 12.3 Å². The van der Waals surface area contributed by atoms with E-state index in [1.54, 1.807) is 41.2 Å². The lowest BCUT2D eigenvalue weighted by Gasteiger charge is -2.15. The molecule has 5 nitrogen and oxygen atoms in total. The zero-order valence-electron chi connectivity index (χ0n) is 9.95. The van der Waals surface area contributed by atoms with Gasteiger partial charge >= 0.3 is 5.97 Å². The van der Waals surface area contributed by atoms with Crippen LogP contribution in [0.2, 0.25) is 0 Å². The van der Waals surface area contributed by atoms with Crippen molar-refractivity contribution >= 4 is 5.97 Å². The van der Waals surface area contributed by atoms with Crippen LogP contribution in [0.3, 0.4) is 0 Å². The first-order valence-electron chi connectivity index (χ1n) is 5.56. The highest BCUT2D eigenvalue weighted by atomic mass is 16.4. The molecule has 0 fully saturated rings. The molecule has 0 bridgehead atoms. The highest BCUT2D eigenvalue weighted by Crippen LogP contribution is 2.27. The number of phenolic OH excluding ortho intramolecular Hbond substituents is 1. The molecule has 0 spiro atoms. The number of imidazole rings is 1. The van der Waals surface area contributed by atoms with Crippen molar-refractivity contribution < 1.29 is 15.0 Å². The Bertz CT molecular complexity index is 546. The monoisotopic (exact) mass is 246 g/mol. The number of nitrogens with zero attached hydrogens (tertiary/aromatic N) is 2. The van der Waals surface area contributed by atoms with E-state index in [9.17, 15) is 9.90 Å². The third-order valence-corrected chi connectivity index (χ3v) is 2.84. The number of aliphatic carboxylic acids is 1. The van der Waals surface area contributed by atoms with Gasteiger partial charge < -0.3 is 14.8 Å². The minimum Gasteiger partial charge on any atom is -0.508 e. The first kappa shape index (κ1) is 12.2. The number of hydrogen-bond acceptors (Lipinski definition) is 3. The van der Waals surface area contributed by atoms with Gasteiger partial charge in [0.1, 0.15) is 11.6 Å². The maximum Gasteiger partial charge on any atom is 0.304 e. The Balaban J connectivity index is 2.39. The standard InChI is InChI=1S/C13H14N2O3/c1-15-7-6-14-13(15)11(8-12(17)18)9-2-4-10(16)5-3-9/h2-7,11,16H,8H2,1H3,(H,17,18)/t11-/m0/s1. The van der Waals surface area contributed by atoms with Gasteiger partial charge in [0.15, 0.2) is 0 Å². The molecule has 0 amide bonds. The van der Waals surface area contributed by atoms with E-state index in [1.165, 1.54) is 0 Å². The molecular formula is C13H14N2O3. The van der Waals surface area contributed by atoms with E-state index >= 15 is 0 Å². The van der Waals surface area contributed by atoms with E-state index in [0.29, 0.717) is 5.82 Å². The van der Waals surface area contributed by atoms with Crippen molar-refractivity contribution in [3.8, 4) is 5.75 Å². The molecule has 0 saturated carbocycles. The molecule has 1 aromatic carbocycles. The quantitative estimate of drug-likeness (QED) is 0.861. The minimum absolute atomic E-state index is 0.0321. The molecule has 0 aliphatic heterocycles. The number of carboxylic acids is 1. The van der Waals surface area contributed by atoms with E-state index < -0.39 is 5.97 Å². The molecule has 1 atom stereocenters. The molecule has 0 unspecified atom stereocenters. The second-order valence-corrected chi connectivity index (χ2v) is 4.14. The maximum absolute atomic E-state index is 11.0. The predicted octanol–water partition coefficient (Wildman–Crippen LogP) is 1.73. The average Bonchev–Trinajstić information content (AvgIpc) is 2.73. The fourth-order valence-corrected chi connectivity index (χ4v) is 1.95. The van der Waals surface area contributed by atoms with Crippen LogP contribution in [0.15, 0.2) is 36.7 Å². The van der Waals surface area contributed by atoms with Gasteiger partial charge in [-0.3, -0.25) is 4.79 Å². The average molecular weight is 246 g/mol. The summed E-state index contributed by atoms with van der Waals surface area (Å²) in [5.74, 6) is -0.338. The van der Waals surface area contributed by atoms with Gasteiger partial charge in [-0.1, -0.05) is 12.1 Å². The molecule has 1 aromatic heterocycles. The molecule has 2 aromatic rings. The molecule has 0 saturated heterocycles. The van der Waals surface area contributed by atoms with Crippen LogP contribution in [0.1, 0.15) is 23.7 Å². The van der Waals surface area contributed by atoms with Crippen molar-refractivity contribution in [3.63, 3.8) is 0 Å². The van der Waals surface area contributed by atoms with E-state index in [1.807, 2.05) is 7.05 Å².